The number of hydrogen-bond donors (Lipinski definition) is 0. The molecule has 0 radical (unpaired) electrons. The van der Waals surface area contributed by atoms with Crippen molar-refractivity contribution in [2.75, 3.05) is 51.3 Å². The van der Waals surface area contributed by atoms with Crippen molar-refractivity contribution in [1.82, 2.24) is 19.8 Å². The summed E-state index contributed by atoms with van der Waals surface area (Å²) in [6.45, 7) is 14.7. The van der Waals surface area contributed by atoms with Crippen LogP contribution in [0.15, 0.2) is 48.8 Å². The highest BCUT2D eigenvalue weighted by Crippen LogP contribution is 2.46. The highest BCUT2D eigenvalue weighted by atomic mass is 35.5. The summed E-state index contributed by atoms with van der Waals surface area (Å²) in [6.07, 6.45) is 1.15. The molecule has 2 fully saturated rings. The SMILES string of the molecule is [C-]#[N+]C[C@H]1CN(c2nc(OC[C@@H]3CCCN3C)nc3c2O[C@@H](C)C(c2cccc4cccc(Cl)c24)O3)CCN1C(=O)C(=C)F. The molecule has 2 saturated heterocycles. The number of ether oxygens (including phenoxy) is 3. The number of piperazine rings is 1. The number of nitrogens with zero attached hydrogens (tertiary/aromatic N) is 6. The minimum absolute atomic E-state index is 0.00214. The van der Waals surface area contributed by atoms with Gasteiger partial charge in [0.25, 0.3) is 11.8 Å². The third-order valence-corrected chi connectivity index (χ3v) is 8.93. The van der Waals surface area contributed by atoms with E-state index in [1.54, 1.807) is 0 Å². The van der Waals surface area contributed by atoms with E-state index in [1.807, 2.05) is 48.2 Å². The topological polar surface area (TPSA) is 84.6 Å². The van der Waals surface area contributed by atoms with Crippen LogP contribution in [0.3, 0.4) is 0 Å². The minimum Gasteiger partial charge on any atom is -0.478 e. The van der Waals surface area contributed by atoms with Crippen LogP contribution in [-0.2, 0) is 4.79 Å². The Morgan fingerprint density at radius 2 is 1.98 bits per heavy atom. The molecule has 0 aliphatic carbocycles. The molecule has 2 aromatic carbocycles. The first-order valence-corrected chi connectivity index (χ1v) is 15.1. The molecule has 230 valence electrons. The maximum absolute atomic E-state index is 13.8. The second-order valence-electron chi connectivity index (χ2n) is 11.4. The van der Waals surface area contributed by atoms with Crippen molar-refractivity contribution in [1.29, 1.82) is 0 Å². The zero-order chi connectivity index (χ0) is 31.0. The number of likely N-dealkylation sites (N-methyl/N-ethyl adjacent to an activating group) is 1. The monoisotopic (exact) mass is 620 g/mol. The van der Waals surface area contributed by atoms with Crippen molar-refractivity contribution in [2.45, 2.75) is 44.1 Å². The number of amides is 1. The molecule has 44 heavy (non-hydrogen) atoms. The lowest BCUT2D eigenvalue weighted by Gasteiger charge is -2.41. The van der Waals surface area contributed by atoms with Gasteiger partial charge in [0, 0.05) is 41.6 Å². The molecule has 3 aromatic rings. The van der Waals surface area contributed by atoms with Crippen molar-refractivity contribution in [3.05, 3.63) is 70.8 Å². The van der Waals surface area contributed by atoms with Crippen molar-refractivity contribution in [2.24, 2.45) is 0 Å². The smallest absolute Gasteiger partial charge is 0.322 e. The standard InChI is InChI=1S/C32H34ClFN6O4/c1-19(34)31(41)40-15-14-39(17-23(40)16-35-3)29-28-30(37-32(36-29)42-18-22-10-7-13-38(22)4)44-27(20(2)43-28)24-11-5-8-21-9-6-12-25(33)26(21)24/h5-6,8-9,11-12,20,22-23,27H,1,7,10,13-18H2,2,4H3/t20-,22-,23-,27?/m0/s1. The Hall–Kier alpha value is -4.14. The zero-order valence-electron chi connectivity index (χ0n) is 24.7. The highest BCUT2D eigenvalue weighted by molar-refractivity contribution is 6.35. The maximum Gasteiger partial charge on any atom is 0.322 e. The number of aromatic nitrogens is 2. The Bertz CT molecular complexity index is 1630. The van der Waals surface area contributed by atoms with E-state index in [4.69, 9.17) is 37.4 Å². The lowest BCUT2D eigenvalue weighted by Crippen LogP contribution is -2.56. The van der Waals surface area contributed by atoms with Crippen LogP contribution in [0, 0.1) is 6.57 Å². The van der Waals surface area contributed by atoms with Gasteiger partial charge in [-0.1, -0.05) is 48.5 Å². The van der Waals surface area contributed by atoms with Crippen LogP contribution in [0.4, 0.5) is 10.2 Å². The van der Waals surface area contributed by atoms with Gasteiger partial charge in [-0.15, -0.1) is 0 Å². The van der Waals surface area contributed by atoms with Gasteiger partial charge in [0.15, 0.2) is 17.7 Å². The summed E-state index contributed by atoms with van der Waals surface area (Å²) in [4.78, 5) is 31.0. The quantitative estimate of drug-likeness (QED) is 0.267. The van der Waals surface area contributed by atoms with Gasteiger partial charge in [0.2, 0.25) is 12.3 Å². The Morgan fingerprint density at radius 1 is 1.18 bits per heavy atom. The first kappa shape index (κ1) is 29.9. The third-order valence-electron chi connectivity index (χ3n) is 8.61. The minimum atomic E-state index is -1.05. The van der Waals surface area contributed by atoms with E-state index in [2.05, 4.69) is 28.4 Å². The van der Waals surface area contributed by atoms with E-state index in [1.165, 1.54) is 4.90 Å². The van der Waals surface area contributed by atoms with Gasteiger partial charge < -0.3 is 33.8 Å². The normalized spacial score (nSPS) is 23.4. The van der Waals surface area contributed by atoms with Crippen molar-refractivity contribution in [3.63, 3.8) is 0 Å². The average Bonchev–Trinajstić information content (AvgIpc) is 3.43. The summed E-state index contributed by atoms with van der Waals surface area (Å²) in [5.74, 6) is -0.841. The molecular formula is C32H34ClFN6O4. The molecule has 3 aliphatic heterocycles. The van der Waals surface area contributed by atoms with Crippen LogP contribution in [0.25, 0.3) is 15.6 Å². The van der Waals surface area contributed by atoms with Crippen LogP contribution in [-0.4, -0.2) is 90.2 Å². The average molecular weight is 621 g/mol. The third kappa shape index (κ3) is 5.72. The maximum atomic E-state index is 13.8. The molecule has 1 amide bonds. The van der Waals surface area contributed by atoms with Gasteiger partial charge >= 0.3 is 6.01 Å². The molecule has 0 N–H and O–H groups in total. The molecule has 1 aromatic heterocycles. The largest absolute Gasteiger partial charge is 0.478 e. The van der Waals surface area contributed by atoms with E-state index in [9.17, 15) is 9.18 Å². The molecule has 6 rings (SSSR count). The molecule has 4 heterocycles. The fourth-order valence-electron chi connectivity index (χ4n) is 6.29. The summed E-state index contributed by atoms with van der Waals surface area (Å²) in [7, 11) is 2.07. The predicted molar refractivity (Wildman–Crippen MR) is 165 cm³/mol. The summed E-state index contributed by atoms with van der Waals surface area (Å²) in [5.41, 5.74) is 0.872. The molecule has 4 atom stereocenters. The first-order valence-electron chi connectivity index (χ1n) is 14.7. The van der Waals surface area contributed by atoms with Crippen LogP contribution in [0.1, 0.15) is 31.4 Å². The number of halogens is 2. The van der Waals surface area contributed by atoms with Crippen molar-refractivity contribution < 1.29 is 23.4 Å². The van der Waals surface area contributed by atoms with E-state index < -0.39 is 30.0 Å². The van der Waals surface area contributed by atoms with Crippen LogP contribution in [0.2, 0.25) is 5.02 Å². The number of anilines is 1. The molecule has 0 bridgehead atoms. The van der Waals surface area contributed by atoms with Gasteiger partial charge in [-0.25, -0.2) is 11.0 Å². The van der Waals surface area contributed by atoms with Gasteiger partial charge in [-0.05, 0) is 44.8 Å². The number of carbonyl (C=O) groups is 1. The van der Waals surface area contributed by atoms with Gasteiger partial charge in [-0.2, -0.15) is 9.97 Å². The lowest BCUT2D eigenvalue weighted by molar-refractivity contribution is -0.131. The Morgan fingerprint density at radius 3 is 2.70 bits per heavy atom. The van der Waals surface area contributed by atoms with Gasteiger partial charge in [-0.3, -0.25) is 4.79 Å². The number of fused-ring (bicyclic) bond motifs is 2. The summed E-state index contributed by atoms with van der Waals surface area (Å²) < 4.78 is 33.1. The number of hydrogen-bond acceptors (Lipinski definition) is 8. The number of rotatable bonds is 7. The fraction of sp³-hybridized carbons (Fsp3) is 0.438. The molecule has 0 spiro atoms. The number of carbonyl (C=O) groups excluding carboxylic acids is 1. The predicted octanol–water partition coefficient (Wildman–Crippen LogP) is 5.08. The first-order chi connectivity index (χ1) is 21.2. The molecular weight excluding hydrogens is 587 g/mol. The van der Waals surface area contributed by atoms with Crippen molar-refractivity contribution in [3.8, 4) is 17.6 Å². The molecule has 10 nitrogen and oxygen atoms in total. The van der Waals surface area contributed by atoms with E-state index in [0.29, 0.717) is 29.7 Å². The Labute approximate surface area is 260 Å². The second kappa shape index (κ2) is 12.5. The summed E-state index contributed by atoms with van der Waals surface area (Å²) in [6, 6.07) is 11.5. The van der Waals surface area contributed by atoms with E-state index >= 15 is 0 Å². The fourth-order valence-corrected chi connectivity index (χ4v) is 6.59. The van der Waals surface area contributed by atoms with Crippen LogP contribution in [0.5, 0.6) is 17.6 Å². The van der Waals surface area contributed by atoms with Gasteiger partial charge in [0.1, 0.15) is 18.8 Å². The van der Waals surface area contributed by atoms with E-state index in [-0.39, 0.29) is 37.6 Å². The van der Waals surface area contributed by atoms with E-state index in [0.717, 1.165) is 35.7 Å². The Balaban J connectivity index is 1.37. The van der Waals surface area contributed by atoms with Crippen LogP contribution < -0.4 is 19.1 Å². The second-order valence-corrected chi connectivity index (χ2v) is 11.8. The Kier molecular flexibility index (Phi) is 8.47. The zero-order valence-corrected chi connectivity index (χ0v) is 25.5. The van der Waals surface area contributed by atoms with Crippen LogP contribution >= 0.6 is 11.6 Å². The highest BCUT2D eigenvalue weighted by Gasteiger charge is 2.40. The summed E-state index contributed by atoms with van der Waals surface area (Å²) in [5, 5.41) is 2.48. The molecule has 1 unspecified atom stereocenters. The number of benzene rings is 2. The summed E-state index contributed by atoms with van der Waals surface area (Å²) >= 11 is 6.66. The van der Waals surface area contributed by atoms with Crippen molar-refractivity contribution >= 4 is 34.1 Å². The molecule has 12 heteroatoms. The lowest BCUT2D eigenvalue weighted by atomic mass is 9.97. The number of likely N-dealkylation sites (tertiary alicyclic amines) is 1. The van der Waals surface area contributed by atoms with Gasteiger partial charge in [0.05, 0.1) is 0 Å². The molecule has 3 aliphatic rings. The molecule has 0 saturated carbocycles.